The molecule has 0 spiro atoms. The zero-order valence-electron chi connectivity index (χ0n) is 16.2. The van der Waals surface area contributed by atoms with E-state index in [2.05, 4.69) is 28.2 Å². The van der Waals surface area contributed by atoms with Gasteiger partial charge in [0.15, 0.2) is 0 Å². The molecule has 2 fully saturated rings. The quantitative estimate of drug-likeness (QED) is 0.773. The van der Waals surface area contributed by atoms with E-state index in [4.69, 9.17) is 5.73 Å². The summed E-state index contributed by atoms with van der Waals surface area (Å²) in [7, 11) is 2.17. The number of nitrogens with zero attached hydrogens (tertiary/aromatic N) is 2. The van der Waals surface area contributed by atoms with E-state index >= 15 is 0 Å². The second kappa shape index (κ2) is 11.9. The lowest BCUT2D eigenvalue weighted by atomic mass is 9.84. The van der Waals surface area contributed by atoms with E-state index in [9.17, 15) is 4.79 Å². The molecule has 154 valence electrons. The van der Waals surface area contributed by atoms with Gasteiger partial charge in [-0.25, -0.2) is 0 Å². The van der Waals surface area contributed by atoms with Crippen LogP contribution in [0.4, 0.5) is 0 Å². The van der Waals surface area contributed by atoms with Crippen molar-refractivity contribution in [3.8, 4) is 0 Å². The molecule has 2 aliphatic rings. The molecule has 7 heteroatoms. The zero-order valence-corrected chi connectivity index (χ0v) is 17.9. The van der Waals surface area contributed by atoms with E-state index in [1.54, 1.807) is 0 Å². The lowest BCUT2D eigenvalue weighted by Crippen LogP contribution is -2.45. The molecule has 1 amide bonds. The molecule has 1 aliphatic heterocycles. The van der Waals surface area contributed by atoms with Crippen LogP contribution in [0.15, 0.2) is 24.3 Å². The van der Waals surface area contributed by atoms with E-state index in [1.165, 1.54) is 18.4 Å². The van der Waals surface area contributed by atoms with Crippen molar-refractivity contribution >= 4 is 30.7 Å². The summed E-state index contributed by atoms with van der Waals surface area (Å²) >= 11 is 0. The molecule has 0 radical (unpaired) electrons. The Labute approximate surface area is 175 Å². The maximum Gasteiger partial charge on any atom is 0.251 e. The predicted molar refractivity (Wildman–Crippen MR) is 116 cm³/mol. The fourth-order valence-corrected chi connectivity index (χ4v) is 4.01. The topological polar surface area (TPSA) is 61.6 Å². The van der Waals surface area contributed by atoms with E-state index in [-0.39, 0.29) is 36.8 Å². The normalized spacial score (nSPS) is 23.8. The van der Waals surface area contributed by atoms with Gasteiger partial charge in [-0.3, -0.25) is 9.69 Å². The lowest BCUT2D eigenvalue weighted by Gasteiger charge is -2.32. The van der Waals surface area contributed by atoms with Gasteiger partial charge in [-0.05, 0) is 50.0 Å². The Hall–Kier alpha value is -0.850. The highest BCUT2D eigenvalue weighted by molar-refractivity contribution is 5.94. The Kier molecular flexibility index (Phi) is 10.6. The third kappa shape index (κ3) is 6.91. The molecule has 27 heavy (non-hydrogen) atoms. The summed E-state index contributed by atoms with van der Waals surface area (Å²) in [5.74, 6) is 0.469. The van der Waals surface area contributed by atoms with Crippen molar-refractivity contribution in [2.75, 3.05) is 39.8 Å². The Bertz CT molecular complexity index is 579. The average Bonchev–Trinajstić information content (AvgIpc) is 2.64. The van der Waals surface area contributed by atoms with Crippen molar-refractivity contribution in [1.82, 2.24) is 15.1 Å². The summed E-state index contributed by atoms with van der Waals surface area (Å²) in [5, 5.41) is 3.23. The van der Waals surface area contributed by atoms with Crippen molar-refractivity contribution in [2.45, 2.75) is 38.3 Å². The molecule has 1 heterocycles. The number of halogens is 2. The van der Waals surface area contributed by atoms with Gasteiger partial charge in [-0.15, -0.1) is 24.8 Å². The molecule has 0 bridgehead atoms. The van der Waals surface area contributed by atoms with Crippen molar-refractivity contribution in [2.24, 2.45) is 11.7 Å². The van der Waals surface area contributed by atoms with Crippen LogP contribution in [0.3, 0.4) is 0 Å². The van der Waals surface area contributed by atoms with Gasteiger partial charge in [0.2, 0.25) is 0 Å². The summed E-state index contributed by atoms with van der Waals surface area (Å²) in [5.41, 5.74) is 7.88. The van der Waals surface area contributed by atoms with Crippen molar-refractivity contribution in [3.05, 3.63) is 35.4 Å². The second-order valence-electron chi connectivity index (χ2n) is 7.64. The molecule has 2 atom stereocenters. The van der Waals surface area contributed by atoms with Gasteiger partial charge in [-0.1, -0.05) is 25.0 Å². The first-order valence-corrected chi connectivity index (χ1v) is 9.66. The largest absolute Gasteiger partial charge is 0.349 e. The highest BCUT2D eigenvalue weighted by Crippen LogP contribution is 2.24. The van der Waals surface area contributed by atoms with Crippen LogP contribution in [0.1, 0.15) is 41.6 Å². The predicted octanol–water partition coefficient (Wildman–Crippen LogP) is 2.52. The highest BCUT2D eigenvalue weighted by Gasteiger charge is 2.25. The fraction of sp³-hybridized carbons (Fsp3) is 0.650. The number of hydrogen-bond donors (Lipinski definition) is 2. The Balaban J connectivity index is 0.00000182. The Morgan fingerprint density at radius 3 is 2.56 bits per heavy atom. The molecule has 5 nitrogen and oxygen atoms in total. The minimum absolute atomic E-state index is 0. The minimum Gasteiger partial charge on any atom is -0.349 e. The number of carbonyl (C=O) groups excluding carboxylic acids is 1. The van der Waals surface area contributed by atoms with Gasteiger partial charge in [0, 0.05) is 44.3 Å². The van der Waals surface area contributed by atoms with Crippen molar-refractivity contribution < 1.29 is 4.79 Å². The van der Waals surface area contributed by atoms with Crippen LogP contribution in [0.2, 0.25) is 0 Å². The lowest BCUT2D eigenvalue weighted by molar-refractivity contribution is 0.0907. The molecule has 1 aromatic rings. The SMILES string of the molecule is CN1CCN(Cc2cccc(C(=O)NC3CCCCC3CN)c2)CC1.Cl.Cl. The number of benzene rings is 1. The third-order valence-corrected chi connectivity index (χ3v) is 5.72. The molecule has 3 rings (SSSR count). The molecular formula is C20H34Cl2N4O. The number of piperazine rings is 1. The van der Waals surface area contributed by atoms with Gasteiger partial charge in [0.1, 0.15) is 0 Å². The smallest absolute Gasteiger partial charge is 0.251 e. The second-order valence-corrected chi connectivity index (χ2v) is 7.64. The van der Waals surface area contributed by atoms with Gasteiger partial charge in [-0.2, -0.15) is 0 Å². The third-order valence-electron chi connectivity index (χ3n) is 5.72. The maximum absolute atomic E-state index is 12.7. The maximum atomic E-state index is 12.7. The van der Waals surface area contributed by atoms with Crippen LogP contribution >= 0.6 is 24.8 Å². The molecule has 0 aromatic heterocycles. The summed E-state index contributed by atoms with van der Waals surface area (Å²) in [4.78, 5) is 17.5. The number of rotatable bonds is 5. The summed E-state index contributed by atoms with van der Waals surface area (Å²) in [6.07, 6.45) is 4.60. The van der Waals surface area contributed by atoms with E-state index in [0.717, 1.165) is 51.1 Å². The summed E-state index contributed by atoms with van der Waals surface area (Å²) in [6, 6.07) is 8.32. The van der Waals surface area contributed by atoms with Crippen LogP contribution in [0.5, 0.6) is 0 Å². The molecule has 1 aliphatic carbocycles. The number of nitrogens with one attached hydrogen (secondary N) is 1. The van der Waals surface area contributed by atoms with Gasteiger partial charge in [0.25, 0.3) is 5.91 Å². The number of carbonyl (C=O) groups is 1. The Morgan fingerprint density at radius 2 is 1.85 bits per heavy atom. The molecule has 1 aromatic carbocycles. The van der Waals surface area contributed by atoms with Gasteiger partial charge >= 0.3 is 0 Å². The zero-order chi connectivity index (χ0) is 17.6. The first kappa shape index (κ1) is 24.2. The van der Waals surface area contributed by atoms with Crippen LogP contribution in [0, 0.1) is 5.92 Å². The van der Waals surface area contributed by atoms with Crippen LogP contribution in [-0.2, 0) is 6.54 Å². The standard InChI is InChI=1S/C20H32N4O.2ClH/c1-23-9-11-24(12-10-23)15-16-5-4-7-17(13-16)20(25)22-19-8-3-2-6-18(19)14-21;;/h4-5,7,13,18-19H,2-3,6,8-12,14-15,21H2,1H3,(H,22,25);2*1H. The van der Waals surface area contributed by atoms with Crippen LogP contribution in [0.25, 0.3) is 0 Å². The van der Waals surface area contributed by atoms with Crippen LogP contribution in [-0.4, -0.2) is 61.5 Å². The number of amides is 1. The van der Waals surface area contributed by atoms with Crippen molar-refractivity contribution in [3.63, 3.8) is 0 Å². The fourth-order valence-electron chi connectivity index (χ4n) is 4.01. The van der Waals surface area contributed by atoms with E-state index in [0.29, 0.717) is 12.5 Å². The minimum atomic E-state index is 0. The molecule has 1 saturated heterocycles. The molecular weight excluding hydrogens is 383 g/mol. The number of hydrogen-bond acceptors (Lipinski definition) is 4. The molecule has 3 N–H and O–H groups in total. The van der Waals surface area contributed by atoms with E-state index in [1.807, 2.05) is 18.2 Å². The number of nitrogens with two attached hydrogens (primary N) is 1. The summed E-state index contributed by atoms with van der Waals surface area (Å²) < 4.78 is 0. The summed E-state index contributed by atoms with van der Waals surface area (Å²) in [6.45, 7) is 5.99. The van der Waals surface area contributed by atoms with Crippen molar-refractivity contribution in [1.29, 1.82) is 0 Å². The monoisotopic (exact) mass is 416 g/mol. The first-order valence-electron chi connectivity index (χ1n) is 9.66. The van der Waals surface area contributed by atoms with Crippen LogP contribution < -0.4 is 11.1 Å². The van der Waals surface area contributed by atoms with E-state index < -0.39 is 0 Å². The van der Waals surface area contributed by atoms with Gasteiger partial charge < -0.3 is 16.0 Å². The molecule has 1 saturated carbocycles. The molecule has 2 unspecified atom stereocenters. The first-order chi connectivity index (χ1) is 12.2. The average molecular weight is 417 g/mol. The highest BCUT2D eigenvalue weighted by atomic mass is 35.5. The Morgan fingerprint density at radius 1 is 1.15 bits per heavy atom. The number of likely N-dealkylation sites (N-methyl/N-ethyl adjacent to an activating group) is 1. The van der Waals surface area contributed by atoms with Gasteiger partial charge in [0.05, 0.1) is 0 Å².